The zero-order valence-corrected chi connectivity index (χ0v) is 12.2. The largest absolute Gasteiger partial charge is 0.722 e. The van der Waals surface area contributed by atoms with Gasteiger partial charge in [0.2, 0.25) is 24.9 Å². The molecule has 0 saturated carbocycles. The van der Waals surface area contributed by atoms with Crippen molar-refractivity contribution in [2.75, 3.05) is 0 Å². The van der Waals surface area contributed by atoms with Gasteiger partial charge in [-0.25, -0.2) is 0 Å². The maximum Gasteiger partial charge on any atom is 0.722 e. The molecule has 0 aromatic carbocycles. The van der Waals surface area contributed by atoms with Crippen molar-refractivity contribution >= 4 is 60.5 Å². The van der Waals surface area contributed by atoms with Crippen LogP contribution in [0.15, 0.2) is 20.4 Å². The van der Waals surface area contributed by atoms with Crippen molar-refractivity contribution in [2.45, 2.75) is 25.7 Å². The Balaban J connectivity index is 1.98. The Kier molecular flexibility index (Phi) is 2.92. The SMILES string of the molecule is C1=N[N+](S([N+]2=CCC=N2)([N+]2=CCC=N2)[N+]2=CCC=N2)=CC1. The smallest absolute Gasteiger partial charge is 0.0160 e. The molecule has 106 valence electrons. The van der Waals surface area contributed by atoms with E-state index < -0.39 is 10.8 Å². The van der Waals surface area contributed by atoms with Gasteiger partial charge in [-0.2, -0.15) is 0 Å². The van der Waals surface area contributed by atoms with Crippen LogP contribution in [0.25, 0.3) is 0 Å². The fraction of sp³-hybridized carbons (Fsp3) is 0.333. The van der Waals surface area contributed by atoms with Crippen LogP contribution in [0, 0.1) is 0 Å². The van der Waals surface area contributed by atoms with Gasteiger partial charge >= 0.3 is 10.8 Å². The molecule has 0 saturated heterocycles. The van der Waals surface area contributed by atoms with Crippen LogP contribution in [0.3, 0.4) is 0 Å². The minimum Gasteiger partial charge on any atom is 0.0160 e. The summed E-state index contributed by atoms with van der Waals surface area (Å²) in [7, 11) is -1.99. The van der Waals surface area contributed by atoms with E-state index in [1.807, 2.05) is 41.2 Å². The Morgan fingerprint density at radius 2 is 0.810 bits per heavy atom. The topological polar surface area (TPSA) is 61.5 Å². The summed E-state index contributed by atoms with van der Waals surface area (Å²) in [5, 5.41) is 18.1. The molecule has 0 atom stereocenters. The lowest BCUT2D eigenvalue weighted by molar-refractivity contribution is -0.649. The van der Waals surface area contributed by atoms with E-state index in [0.29, 0.717) is 0 Å². The van der Waals surface area contributed by atoms with Gasteiger partial charge in [0, 0.05) is 20.4 Å². The summed E-state index contributed by atoms with van der Waals surface area (Å²) in [5.41, 5.74) is 0. The Morgan fingerprint density at radius 3 is 1.00 bits per heavy atom. The molecule has 0 aromatic heterocycles. The van der Waals surface area contributed by atoms with Crippen molar-refractivity contribution in [1.82, 2.24) is 0 Å². The van der Waals surface area contributed by atoms with Crippen LogP contribution in [0.4, 0.5) is 0 Å². The summed E-state index contributed by atoms with van der Waals surface area (Å²) in [4.78, 5) is 0. The molecule has 4 heterocycles. The molecule has 4 aliphatic heterocycles. The first-order valence-corrected chi connectivity index (χ1v) is 8.32. The third-order valence-electron chi connectivity index (χ3n) is 3.25. The molecule has 0 amide bonds. The summed E-state index contributed by atoms with van der Waals surface area (Å²) in [6.07, 6.45) is 19.0. The van der Waals surface area contributed by atoms with Crippen LogP contribution in [-0.4, -0.2) is 66.1 Å². The molecular formula is C12H16N8S+4. The molecule has 0 spiro atoms. The van der Waals surface area contributed by atoms with Gasteiger partial charge in [0.05, 0.1) is 50.5 Å². The molecule has 0 N–H and O–H groups in total. The molecular weight excluding hydrogens is 288 g/mol. The van der Waals surface area contributed by atoms with Crippen LogP contribution in [0.1, 0.15) is 25.7 Å². The number of rotatable bonds is 4. The molecule has 0 fully saturated rings. The lowest BCUT2D eigenvalue weighted by atomic mass is 10.5. The van der Waals surface area contributed by atoms with Gasteiger partial charge in [-0.15, -0.1) is 0 Å². The third-order valence-corrected chi connectivity index (χ3v) is 6.23. The van der Waals surface area contributed by atoms with Crippen LogP contribution >= 0.6 is 10.8 Å². The Bertz CT molecular complexity index is 596. The maximum atomic E-state index is 4.53. The minimum absolute atomic E-state index is 0.807. The predicted octanol–water partition coefficient (Wildman–Crippen LogP) is 0.342. The third kappa shape index (κ3) is 1.77. The van der Waals surface area contributed by atoms with Crippen LogP contribution in [-0.2, 0) is 0 Å². The molecule has 0 radical (unpaired) electrons. The van der Waals surface area contributed by atoms with E-state index in [2.05, 4.69) is 45.3 Å². The van der Waals surface area contributed by atoms with Gasteiger partial charge in [-0.3, -0.25) is 0 Å². The predicted molar refractivity (Wildman–Crippen MR) is 85.3 cm³/mol. The van der Waals surface area contributed by atoms with Gasteiger partial charge in [0.25, 0.3) is 0 Å². The molecule has 4 aliphatic rings. The lowest BCUT2D eigenvalue weighted by Gasteiger charge is -2.07. The lowest BCUT2D eigenvalue weighted by Crippen LogP contribution is -2.36. The zero-order chi connectivity index (χ0) is 14.1. The van der Waals surface area contributed by atoms with Gasteiger partial charge in [-0.05, 0) is 0 Å². The second-order valence-corrected chi connectivity index (χ2v) is 7.04. The molecule has 9 heteroatoms. The van der Waals surface area contributed by atoms with E-state index in [0.717, 1.165) is 25.7 Å². The molecule has 0 aromatic rings. The van der Waals surface area contributed by atoms with Crippen molar-refractivity contribution in [3.8, 4) is 0 Å². The zero-order valence-electron chi connectivity index (χ0n) is 11.4. The van der Waals surface area contributed by atoms with Gasteiger partial charge in [0.15, 0.2) is 0 Å². The summed E-state index contributed by atoms with van der Waals surface area (Å²) < 4.78 is 7.80. The van der Waals surface area contributed by atoms with Crippen LogP contribution in [0.2, 0.25) is 0 Å². The normalized spacial score (nSPS) is 23.6. The monoisotopic (exact) mass is 304 g/mol. The molecule has 4 rings (SSSR count). The second-order valence-electron chi connectivity index (χ2n) is 4.57. The van der Waals surface area contributed by atoms with Gasteiger partial charge in [-0.1, -0.05) is 0 Å². The fourth-order valence-electron chi connectivity index (χ4n) is 2.42. The van der Waals surface area contributed by atoms with E-state index in [1.54, 1.807) is 0 Å². The van der Waals surface area contributed by atoms with Crippen LogP contribution in [0.5, 0.6) is 0 Å². The highest BCUT2D eigenvalue weighted by Gasteiger charge is 2.76. The average Bonchev–Trinajstić information content (AvgIpc) is 3.32. The first-order chi connectivity index (χ1) is 10.4. The molecule has 0 aliphatic carbocycles. The number of hydrazone groups is 4. The van der Waals surface area contributed by atoms with E-state index in [-0.39, 0.29) is 0 Å². The van der Waals surface area contributed by atoms with Crippen molar-refractivity contribution in [3.05, 3.63) is 0 Å². The van der Waals surface area contributed by atoms with Crippen molar-refractivity contribution in [1.29, 1.82) is 0 Å². The molecule has 8 nitrogen and oxygen atoms in total. The Hall–Kier alpha value is -2.29. The van der Waals surface area contributed by atoms with E-state index >= 15 is 0 Å². The highest BCUT2D eigenvalue weighted by Crippen LogP contribution is 2.53. The summed E-state index contributed by atoms with van der Waals surface area (Å²) in [5.74, 6) is 0. The maximum absolute atomic E-state index is 4.53. The average molecular weight is 304 g/mol. The summed E-state index contributed by atoms with van der Waals surface area (Å²) >= 11 is 0. The first kappa shape index (κ1) is 12.5. The molecule has 21 heavy (non-hydrogen) atoms. The first-order valence-electron chi connectivity index (χ1n) is 6.86. The Labute approximate surface area is 123 Å². The molecule has 0 unspecified atom stereocenters. The quantitative estimate of drug-likeness (QED) is 0.673. The van der Waals surface area contributed by atoms with Crippen molar-refractivity contribution < 1.29 is 16.4 Å². The van der Waals surface area contributed by atoms with Crippen molar-refractivity contribution in [3.63, 3.8) is 0 Å². The van der Waals surface area contributed by atoms with E-state index in [9.17, 15) is 0 Å². The summed E-state index contributed by atoms with van der Waals surface area (Å²) in [6, 6.07) is 0. The fourth-order valence-corrected chi connectivity index (χ4v) is 5.36. The summed E-state index contributed by atoms with van der Waals surface area (Å²) in [6.45, 7) is 0. The van der Waals surface area contributed by atoms with Crippen LogP contribution < -0.4 is 0 Å². The van der Waals surface area contributed by atoms with Crippen molar-refractivity contribution in [2.24, 2.45) is 20.4 Å². The Morgan fingerprint density at radius 1 is 0.524 bits per heavy atom. The standard InChI is InChI=1S/C12H16N8S/c1-5-13-17(9-1)21(18-10-2-6-14-18,19-11-3-7-15-19)20-12-4-8-16-20/h5-12H,1-4H2/q+4. The number of hydrogen-bond acceptors (Lipinski definition) is 4. The molecule has 0 bridgehead atoms. The van der Waals surface area contributed by atoms with E-state index in [1.165, 1.54) is 0 Å². The second kappa shape index (κ2) is 4.92. The van der Waals surface area contributed by atoms with E-state index in [4.69, 9.17) is 0 Å². The van der Waals surface area contributed by atoms with Gasteiger partial charge in [0.1, 0.15) is 16.4 Å². The highest BCUT2D eigenvalue weighted by atomic mass is 32.3. The highest BCUT2D eigenvalue weighted by molar-refractivity contribution is 8.12. The number of nitrogens with zero attached hydrogens (tertiary/aromatic N) is 8. The minimum atomic E-state index is -1.99. The van der Waals surface area contributed by atoms with Gasteiger partial charge < -0.3 is 0 Å². The number of hydrogen-bond donors (Lipinski definition) is 0.